The quantitative estimate of drug-likeness (QED) is 0.711. The molecule has 0 spiro atoms. The molecule has 5 heteroatoms. The summed E-state index contributed by atoms with van der Waals surface area (Å²) in [6, 6.07) is 16.0. The summed E-state index contributed by atoms with van der Waals surface area (Å²) < 4.78 is 1.90. The Balaban J connectivity index is 1.71. The standard InChI is InChI=1S/C19H21N3OS/c1-2-16(15-8-4-3-5-9-15)19(23)20-14-17(18-10-6-13-24-18)22-12-7-11-21-22/h3-13,16-17H,2,14H2,1H3,(H,20,23)/t16-,17-/m0/s1. The predicted molar refractivity (Wildman–Crippen MR) is 97.2 cm³/mol. The van der Waals surface area contributed by atoms with Gasteiger partial charge >= 0.3 is 0 Å². The van der Waals surface area contributed by atoms with Gasteiger partial charge in [0.05, 0.1) is 5.92 Å². The Labute approximate surface area is 146 Å². The summed E-state index contributed by atoms with van der Waals surface area (Å²) in [7, 11) is 0. The van der Waals surface area contributed by atoms with Crippen LogP contribution in [0.25, 0.3) is 0 Å². The predicted octanol–water partition coefficient (Wildman–Crippen LogP) is 3.84. The van der Waals surface area contributed by atoms with E-state index in [9.17, 15) is 4.79 Å². The van der Waals surface area contributed by atoms with E-state index in [1.807, 2.05) is 65.6 Å². The second-order valence-corrected chi connectivity index (χ2v) is 6.61. The third kappa shape index (κ3) is 3.74. The zero-order valence-electron chi connectivity index (χ0n) is 13.6. The number of carbonyl (C=O) groups is 1. The third-order valence-corrected chi connectivity index (χ3v) is 5.09. The minimum atomic E-state index is -0.118. The van der Waals surface area contributed by atoms with Crippen LogP contribution in [0.15, 0.2) is 66.3 Å². The van der Waals surface area contributed by atoms with Crippen molar-refractivity contribution >= 4 is 17.2 Å². The van der Waals surface area contributed by atoms with Crippen molar-refractivity contribution in [2.24, 2.45) is 0 Å². The zero-order valence-corrected chi connectivity index (χ0v) is 14.4. The number of nitrogens with zero attached hydrogens (tertiary/aromatic N) is 2. The van der Waals surface area contributed by atoms with Gasteiger partial charge in [0.15, 0.2) is 0 Å². The molecule has 0 aliphatic heterocycles. The topological polar surface area (TPSA) is 46.9 Å². The van der Waals surface area contributed by atoms with E-state index in [1.165, 1.54) is 4.88 Å². The van der Waals surface area contributed by atoms with Gasteiger partial charge in [0.1, 0.15) is 6.04 Å². The van der Waals surface area contributed by atoms with Crippen molar-refractivity contribution in [3.05, 3.63) is 76.7 Å². The fourth-order valence-electron chi connectivity index (χ4n) is 2.85. The molecule has 0 saturated heterocycles. The van der Waals surface area contributed by atoms with E-state index in [2.05, 4.69) is 16.5 Å². The van der Waals surface area contributed by atoms with Crippen LogP contribution in [0.5, 0.6) is 0 Å². The fourth-order valence-corrected chi connectivity index (χ4v) is 3.67. The van der Waals surface area contributed by atoms with E-state index < -0.39 is 0 Å². The Morgan fingerprint density at radius 2 is 2.04 bits per heavy atom. The first-order valence-corrected chi connectivity index (χ1v) is 9.02. The maximum atomic E-state index is 12.7. The molecule has 0 bridgehead atoms. The normalized spacial score (nSPS) is 13.4. The van der Waals surface area contributed by atoms with Crippen LogP contribution in [0.1, 0.15) is 35.7 Å². The van der Waals surface area contributed by atoms with E-state index in [4.69, 9.17) is 0 Å². The van der Waals surface area contributed by atoms with E-state index in [0.717, 1.165) is 12.0 Å². The molecular formula is C19H21N3OS. The first-order chi connectivity index (χ1) is 11.8. The molecule has 0 aliphatic carbocycles. The second-order valence-electron chi connectivity index (χ2n) is 5.63. The van der Waals surface area contributed by atoms with Crippen LogP contribution in [0.3, 0.4) is 0 Å². The van der Waals surface area contributed by atoms with Gasteiger partial charge in [-0.3, -0.25) is 9.48 Å². The molecule has 4 nitrogen and oxygen atoms in total. The van der Waals surface area contributed by atoms with E-state index in [1.54, 1.807) is 17.5 Å². The number of carbonyl (C=O) groups excluding carboxylic acids is 1. The highest BCUT2D eigenvalue weighted by Crippen LogP contribution is 2.23. The minimum Gasteiger partial charge on any atom is -0.353 e. The molecule has 124 valence electrons. The zero-order chi connectivity index (χ0) is 16.8. The van der Waals surface area contributed by atoms with Gasteiger partial charge in [-0.1, -0.05) is 43.3 Å². The lowest BCUT2D eigenvalue weighted by Gasteiger charge is -2.20. The van der Waals surface area contributed by atoms with Gasteiger partial charge in [-0.2, -0.15) is 5.10 Å². The maximum Gasteiger partial charge on any atom is 0.227 e. The Hall–Kier alpha value is -2.40. The van der Waals surface area contributed by atoms with E-state index >= 15 is 0 Å². The van der Waals surface area contributed by atoms with Gasteiger partial charge < -0.3 is 5.32 Å². The summed E-state index contributed by atoms with van der Waals surface area (Å²) in [4.78, 5) is 13.9. The van der Waals surface area contributed by atoms with Crippen molar-refractivity contribution in [3.63, 3.8) is 0 Å². The number of hydrogen-bond donors (Lipinski definition) is 1. The van der Waals surface area contributed by atoms with Crippen LogP contribution in [0, 0.1) is 0 Å². The average molecular weight is 339 g/mol. The van der Waals surface area contributed by atoms with Crippen molar-refractivity contribution in [2.75, 3.05) is 6.54 Å². The first kappa shape index (κ1) is 16.5. The van der Waals surface area contributed by atoms with Gasteiger partial charge in [0.2, 0.25) is 5.91 Å². The number of aromatic nitrogens is 2. The summed E-state index contributed by atoms with van der Waals surface area (Å²) in [5.74, 6) is -0.0507. The van der Waals surface area contributed by atoms with Gasteiger partial charge in [0, 0.05) is 23.8 Å². The number of nitrogens with one attached hydrogen (secondary N) is 1. The molecule has 0 unspecified atom stereocenters. The van der Waals surface area contributed by atoms with Crippen molar-refractivity contribution in [1.29, 1.82) is 0 Å². The lowest BCUT2D eigenvalue weighted by atomic mass is 9.95. The highest BCUT2D eigenvalue weighted by molar-refractivity contribution is 7.10. The largest absolute Gasteiger partial charge is 0.353 e. The molecule has 1 amide bonds. The van der Waals surface area contributed by atoms with Gasteiger partial charge in [-0.05, 0) is 29.5 Å². The van der Waals surface area contributed by atoms with Crippen LogP contribution >= 0.6 is 11.3 Å². The molecule has 0 saturated carbocycles. The smallest absolute Gasteiger partial charge is 0.227 e. The molecule has 3 rings (SSSR count). The Bertz CT molecular complexity index is 704. The number of benzene rings is 1. The monoisotopic (exact) mass is 339 g/mol. The summed E-state index contributed by atoms with van der Waals surface area (Å²) in [6.45, 7) is 2.58. The van der Waals surface area contributed by atoms with Crippen molar-refractivity contribution in [2.45, 2.75) is 25.3 Å². The molecule has 24 heavy (non-hydrogen) atoms. The van der Waals surface area contributed by atoms with Crippen molar-refractivity contribution in [3.8, 4) is 0 Å². The molecule has 0 aliphatic rings. The Kier molecular flexibility index (Phi) is 5.43. The van der Waals surface area contributed by atoms with E-state index in [0.29, 0.717) is 6.54 Å². The van der Waals surface area contributed by atoms with E-state index in [-0.39, 0.29) is 17.9 Å². The first-order valence-electron chi connectivity index (χ1n) is 8.14. The molecule has 0 fully saturated rings. The third-order valence-electron chi connectivity index (χ3n) is 4.11. The molecule has 3 aromatic rings. The molecular weight excluding hydrogens is 318 g/mol. The second kappa shape index (κ2) is 7.93. The van der Waals surface area contributed by atoms with Crippen LogP contribution < -0.4 is 5.32 Å². The van der Waals surface area contributed by atoms with Crippen LogP contribution in [-0.4, -0.2) is 22.2 Å². The van der Waals surface area contributed by atoms with Crippen molar-refractivity contribution in [1.82, 2.24) is 15.1 Å². The van der Waals surface area contributed by atoms with Gasteiger partial charge in [-0.15, -0.1) is 11.3 Å². The lowest BCUT2D eigenvalue weighted by Crippen LogP contribution is -2.34. The highest BCUT2D eigenvalue weighted by atomic mass is 32.1. The number of hydrogen-bond acceptors (Lipinski definition) is 3. The minimum absolute atomic E-state index is 0.0252. The summed E-state index contributed by atoms with van der Waals surface area (Å²) >= 11 is 1.68. The molecule has 2 atom stereocenters. The average Bonchev–Trinajstić information content (AvgIpc) is 3.31. The summed E-state index contributed by atoms with van der Waals surface area (Å²) in [5.41, 5.74) is 1.06. The lowest BCUT2D eigenvalue weighted by molar-refractivity contribution is -0.122. The highest BCUT2D eigenvalue weighted by Gasteiger charge is 2.21. The summed E-state index contributed by atoms with van der Waals surface area (Å²) in [5, 5.41) is 9.51. The number of thiophene rings is 1. The SMILES string of the molecule is CC[C@H](C(=O)NC[C@@H](c1cccs1)n1cccn1)c1ccccc1. The number of rotatable bonds is 7. The number of amides is 1. The van der Waals surface area contributed by atoms with Crippen LogP contribution in [-0.2, 0) is 4.79 Å². The molecule has 2 heterocycles. The molecule has 0 radical (unpaired) electrons. The van der Waals surface area contributed by atoms with Crippen LogP contribution in [0.2, 0.25) is 0 Å². The van der Waals surface area contributed by atoms with Crippen LogP contribution in [0.4, 0.5) is 0 Å². The van der Waals surface area contributed by atoms with Crippen molar-refractivity contribution < 1.29 is 4.79 Å². The summed E-state index contributed by atoms with van der Waals surface area (Å²) in [6.07, 6.45) is 4.48. The maximum absolute atomic E-state index is 12.7. The molecule has 1 aromatic carbocycles. The van der Waals surface area contributed by atoms with Gasteiger partial charge in [0.25, 0.3) is 0 Å². The Morgan fingerprint density at radius 1 is 1.21 bits per heavy atom. The fraction of sp³-hybridized carbons (Fsp3) is 0.263. The van der Waals surface area contributed by atoms with Gasteiger partial charge in [-0.25, -0.2) is 0 Å². The Morgan fingerprint density at radius 3 is 2.67 bits per heavy atom. The molecule has 1 N–H and O–H groups in total. The molecule has 2 aromatic heterocycles.